The topological polar surface area (TPSA) is 67.7 Å². The minimum atomic E-state index is -0.217. The number of hydrogen-bond donors (Lipinski definition) is 0. The number of hydrogen-bond acceptors (Lipinski definition) is 4. The van der Waals surface area contributed by atoms with Gasteiger partial charge in [0.05, 0.1) is 12.2 Å². The van der Waals surface area contributed by atoms with Crippen molar-refractivity contribution in [2.75, 3.05) is 26.2 Å². The van der Waals surface area contributed by atoms with E-state index in [-0.39, 0.29) is 18.0 Å². The molecule has 0 aromatic carbocycles. The molecular formula is C17H26N4O3. The summed E-state index contributed by atoms with van der Waals surface area (Å²) in [4.78, 5) is 28.2. The van der Waals surface area contributed by atoms with E-state index in [2.05, 4.69) is 18.9 Å². The van der Waals surface area contributed by atoms with Gasteiger partial charge in [-0.15, -0.1) is 0 Å². The molecule has 2 aliphatic rings. The lowest BCUT2D eigenvalue weighted by atomic mass is 10.0. The molecule has 132 valence electrons. The average molecular weight is 334 g/mol. The predicted molar refractivity (Wildman–Crippen MR) is 89.0 cm³/mol. The molecule has 24 heavy (non-hydrogen) atoms. The molecule has 0 spiro atoms. The molecule has 0 atom stereocenters. The lowest BCUT2D eigenvalue weighted by Crippen LogP contribution is -2.47. The van der Waals surface area contributed by atoms with Crippen LogP contribution in [0, 0.1) is 0 Å². The number of carbonyl (C=O) groups is 2. The van der Waals surface area contributed by atoms with Crippen LogP contribution in [0.25, 0.3) is 0 Å². The molecule has 0 N–H and O–H groups in total. The summed E-state index contributed by atoms with van der Waals surface area (Å²) < 4.78 is 6.81. The fourth-order valence-electron chi connectivity index (χ4n) is 3.41. The lowest BCUT2D eigenvalue weighted by molar-refractivity contribution is 0.0646. The van der Waals surface area contributed by atoms with Crippen LogP contribution < -0.4 is 0 Å². The molecule has 0 aliphatic carbocycles. The van der Waals surface area contributed by atoms with E-state index < -0.39 is 0 Å². The summed E-state index contributed by atoms with van der Waals surface area (Å²) >= 11 is 0. The predicted octanol–water partition coefficient (Wildman–Crippen LogP) is 2.08. The largest absolute Gasteiger partial charge is 0.448 e. The zero-order valence-electron chi connectivity index (χ0n) is 14.7. The summed E-state index contributed by atoms with van der Waals surface area (Å²) in [5.41, 5.74) is 1.62. The van der Waals surface area contributed by atoms with Gasteiger partial charge < -0.3 is 14.5 Å². The van der Waals surface area contributed by atoms with Crippen LogP contribution in [0.1, 0.15) is 55.7 Å². The zero-order chi connectivity index (χ0) is 17.3. The smallest absolute Gasteiger partial charge is 0.410 e. The Bertz CT molecular complexity index is 617. The van der Waals surface area contributed by atoms with Gasteiger partial charge in [0, 0.05) is 25.7 Å². The van der Waals surface area contributed by atoms with Gasteiger partial charge in [0.2, 0.25) is 0 Å². The number of piperidine rings is 1. The highest BCUT2D eigenvalue weighted by Crippen LogP contribution is 2.22. The zero-order valence-corrected chi connectivity index (χ0v) is 14.7. The molecule has 2 fully saturated rings. The third kappa shape index (κ3) is 3.12. The van der Waals surface area contributed by atoms with Crippen molar-refractivity contribution >= 4 is 12.0 Å². The summed E-state index contributed by atoms with van der Waals surface area (Å²) in [6, 6.07) is 2.10. The number of carbonyl (C=O) groups excluding carboxylic acids is 2. The van der Waals surface area contributed by atoms with E-state index in [0.717, 1.165) is 18.5 Å². The summed E-state index contributed by atoms with van der Waals surface area (Å²) in [7, 11) is 0. The quantitative estimate of drug-likeness (QED) is 0.845. The fraction of sp³-hybridized carbons (Fsp3) is 0.706. The van der Waals surface area contributed by atoms with Crippen molar-refractivity contribution in [3.63, 3.8) is 0 Å². The first kappa shape index (κ1) is 16.8. The van der Waals surface area contributed by atoms with Gasteiger partial charge in [0.15, 0.2) is 0 Å². The van der Waals surface area contributed by atoms with E-state index >= 15 is 0 Å². The van der Waals surface area contributed by atoms with Crippen LogP contribution in [-0.4, -0.2) is 63.9 Å². The Kier molecular flexibility index (Phi) is 4.78. The molecule has 2 saturated heterocycles. The summed E-state index contributed by atoms with van der Waals surface area (Å²) in [6.07, 6.45) is 1.39. The van der Waals surface area contributed by atoms with E-state index in [1.165, 1.54) is 0 Å². The Morgan fingerprint density at radius 2 is 2.04 bits per heavy atom. The number of nitrogens with zero attached hydrogens (tertiary/aromatic N) is 4. The molecule has 0 unspecified atom stereocenters. The Labute approximate surface area is 142 Å². The van der Waals surface area contributed by atoms with Gasteiger partial charge in [-0.2, -0.15) is 5.10 Å². The van der Waals surface area contributed by atoms with Crippen molar-refractivity contribution in [2.24, 2.45) is 0 Å². The first-order valence-corrected chi connectivity index (χ1v) is 8.81. The highest BCUT2D eigenvalue weighted by atomic mass is 16.6. The fourth-order valence-corrected chi connectivity index (χ4v) is 3.41. The molecule has 3 rings (SSSR count). The van der Waals surface area contributed by atoms with Crippen LogP contribution in [0.2, 0.25) is 0 Å². The van der Waals surface area contributed by atoms with Crippen molar-refractivity contribution in [2.45, 2.75) is 52.1 Å². The van der Waals surface area contributed by atoms with Crippen molar-refractivity contribution in [1.29, 1.82) is 0 Å². The highest BCUT2D eigenvalue weighted by molar-refractivity contribution is 5.92. The van der Waals surface area contributed by atoms with Crippen LogP contribution in [-0.2, 0) is 11.3 Å². The van der Waals surface area contributed by atoms with Gasteiger partial charge in [-0.25, -0.2) is 4.79 Å². The molecule has 0 radical (unpaired) electrons. The van der Waals surface area contributed by atoms with E-state index in [0.29, 0.717) is 44.4 Å². The van der Waals surface area contributed by atoms with Crippen LogP contribution in [0.3, 0.4) is 0 Å². The Balaban J connectivity index is 1.66. The maximum absolute atomic E-state index is 12.9. The summed E-state index contributed by atoms with van der Waals surface area (Å²) in [5, 5.41) is 4.53. The number of ether oxygens (including phenoxy) is 1. The molecule has 7 nitrogen and oxygen atoms in total. The molecule has 7 heteroatoms. The van der Waals surface area contributed by atoms with Gasteiger partial charge >= 0.3 is 6.09 Å². The van der Waals surface area contributed by atoms with Crippen LogP contribution in [0.15, 0.2) is 6.07 Å². The minimum Gasteiger partial charge on any atom is -0.448 e. The Morgan fingerprint density at radius 1 is 1.33 bits per heavy atom. The molecule has 2 aliphatic heterocycles. The van der Waals surface area contributed by atoms with Crippen LogP contribution in [0.4, 0.5) is 4.79 Å². The van der Waals surface area contributed by atoms with Crippen LogP contribution >= 0.6 is 0 Å². The molecule has 3 heterocycles. The SMILES string of the molecule is CCn1nc(C(C)C)cc1C(=O)N1CCC(N2CCOC2=O)CC1. The second kappa shape index (κ2) is 6.83. The van der Waals surface area contributed by atoms with Gasteiger partial charge in [-0.1, -0.05) is 13.8 Å². The Morgan fingerprint density at radius 3 is 2.58 bits per heavy atom. The maximum Gasteiger partial charge on any atom is 0.410 e. The molecule has 2 amide bonds. The first-order valence-electron chi connectivity index (χ1n) is 8.81. The van der Waals surface area contributed by atoms with E-state index in [4.69, 9.17) is 4.74 Å². The maximum atomic E-state index is 12.9. The molecule has 1 aromatic rings. The van der Waals surface area contributed by atoms with Crippen molar-refractivity contribution < 1.29 is 14.3 Å². The third-order valence-corrected chi connectivity index (χ3v) is 4.89. The second-order valence-electron chi connectivity index (χ2n) is 6.76. The average Bonchev–Trinajstić information content (AvgIpc) is 3.20. The van der Waals surface area contributed by atoms with Gasteiger partial charge in [-0.3, -0.25) is 9.48 Å². The number of likely N-dealkylation sites (tertiary alicyclic amines) is 1. The number of rotatable bonds is 4. The highest BCUT2D eigenvalue weighted by Gasteiger charge is 2.34. The molecule has 1 aromatic heterocycles. The van der Waals surface area contributed by atoms with Crippen LogP contribution in [0.5, 0.6) is 0 Å². The monoisotopic (exact) mass is 334 g/mol. The lowest BCUT2D eigenvalue weighted by Gasteiger charge is -2.35. The van der Waals surface area contributed by atoms with Gasteiger partial charge in [0.1, 0.15) is 12.3 Å². The molecule has 0 saturated carbocycles. The number of aromatic nitrogens is 2. The van der Waals surface area contributed by atoms with Crippen molar-refractivity contribution in [1.82, 2.24) is 19.6 Å². The number of amides is 2. The van der Waals surface area contributed by atoms with Crippen molar-refractivity contribution in [3.05, 3.63) is 17.5 Å². The minimum absolute atomic E-state index is 0.0405. The molecular weight excluding hydrogens is 308 g/mol. The standard InChI is InChI=1S/C17H26N4O3/c1-4-21-15(11-14(18-21)12(2)3)16(22)19-7-5-13(6-8-19)20-9-10-24-17(20)23/h11-13H,4-10H2,1-3H3. The van der Waals surface area contributed by atoms with Gasteiger partial charge in [0.25, 0.3) is 5.91 Å². The van der Waals surface area contributed by atoms with E-state index in [1.807, 2.05) is 17.9 Å². The van der Waals surface area contributed by atoms with E-state index in [1.54, 1.807) is 9.58 Å². The third-order valence-electron chi connectivity index (χ3n) is 4.89. The van der Waals surface area contributed by atoms with E-state index in [9.17, 15) is 9.59 Å². The van der Waals surface area contributed by atoms with Gasteiger partial charge in [-0.05, 0) is 31.7 Å². The normalized spacial score (nSPS) is 19.2. The summed E-state index contributed by atoms with van der Waals surface area (Å²) in [5.74, 6) is 0.343. The molecule has 0 bridgehead atoms. The number of cyclic esters (lactones) is 1. The first-order chi connectivity index (χ1) is 11.5. The number of aryl methyl sites for hydroxylation is 1. The summed E-state index contributed by atoms with van der Waals surface area (Å²) in [6.45, 7) is 9.32. The Hall–Kier alpha value is -2.05. The second-order valence-corrected chi connectivity index (χ2v) is 6.76. The van der Waals surface area contributed by atoms with Crippen molar-refractivity contribution in [3.8, 4) is 0 Å².